The highest BCUT2D eigenvalue weighted by molar-refractivity contribution is 7.88. The van der Waals surface area contributed by atoms with Gasteiger partial charge in [0.05, 0.1) is 11.8 Å². The molecule has 172 valence electrons. The van der Waals surface area contributed by atoms with Crippen LogP contribution in [0, 0.1) is 0 Å². The SMILES string of the molecule is CC[C@@H](NC(=O)c1ccc(CS(=O)(=O)N2CCCCC2)cc1)c1ccc2c(c1)CCCC2. The quantitative estimate of drug-likeness (QED) is 0.656. The van der Waals surface area contributed by atoms with Crippen LogP contribution in [0.4, 0.5) is 0 Å². The van der Waals surface area contributed by atoms with E-state index in [0.29, 0.717) is 24.2 Å². The summed E-state index contributed by atoms with van der Waals surface area (Å²) < 4.78 is 26.9. The van der Waals surface area contributed by atoms with Crippen LogP contribution in [0.25, 0.3) is 0 Å². The lowest BCUT2D eigenvalue weighted by Crippen LogP contribution is -2.36. The van der Waals surface area contributed by atoms with E-state index in [4.69, 9.17) is 0 Å². The number of rotatable bonds is 7. The molecule has 1 heterocycles. The fourth-order valence-corrected chi connectivity index (χ4v) is 6.44. The number of amides is 1. The summed E-state index contributed by atoms with van der Waals surface area (Å²) in [5.74, 6) is -0.137. The molecule has 1 amide bonds. The number of carbonyl (C=O) groups is 1. The van der Waals surface area contributed by atoms with Crippen molar-refractivity contribution in [3.8, 4) is 0 Å². The first-order valence-electron chi connectivity index (χ1n) is 12.0. The van der Waals surface area contributed by atoms with Crippen molar-refractivity contribution in [1.29, 1.82) is 0 Å². The van der Waals surface area contributed by atoms with Crippen LogP contribution >= 0.6 is 0 Å². The smallest absolute Gasteiger partial charge is 0.251 e. The van der Waals surface area contributed by atoms with E-state index in [0.717, 1.165) is 44.1 Å². The molecule has 1 aliphatic heterocycles. The van der Waals surface area contributed by atoms with Crippen molar-refractivity contribution >= 4 is 15.9 Å². The Morgan fingerprint density at radius 1 is 0.938 bits per heavy atom. The fourth-order valence-electron chi connectivity index (χ4n) is 4.83. The van der Waals surface area contributed by atoms with Gasteiger partial charge in [-0.05, 0) is 79.3 Å². The molecule has 1 atom stereocenters. The topological polar surface area (TPSA) is 66.5 Å². The maximum Gasteiger partial charge on any atom is 0.251 e. The summed E-state index contributed by atoms with van der Waals surface area (Å²) >= 11 is 0. The predicted molar refractivity (Wildman–Crippen MR) is 128 cm³/mol. The van der Waals surface area contributed by atoms with Gasteiger partial charge >= 0.3 is 0 Å². The predicted octanol–water partition coefficient (Wildman–Crippen LogP) is 4.76. The molecule has 5 nitrogen and oxygen atoms in total. The molecule has 1 saturated heterocycles. The average Bonchev–Trinajstić information content (AvgIpc) is 2.83. The van der Waals surface area contributed by atoms with Crippen LogP contribution in [0.15, 0.2) is 42.5 Å². The zero-order chi connectivity index (χ0) is 22.6. The van der Waals surface area contributed by atoms with E-state index in [1.54, 1.807) is 28.6 Å². The van der Waals surface area contributed by atoms with E-state index >= 15 is 0 Å². The number of nitrogens with one attached hydrogen (secondary N) is 1. The Morgan fingerprint density at radius 3 is 2.31 bits per heavy atom. The van der Waals surface area contributed by atoms with Crippen LogP contribution < -0.4 is 5.32 Å². The molecule has 0 unspecified atom stereocenters. The van der Waals surface area contributed by atoms with Crippen LogP contribution in [0.2, 0.25) is 0 Å². The minimum absolute atomic E-state index is 0.0123. The molecule has 0 aromatic heterocycles. The molecule has 32 heavy (non-hydrogen) atoms. The number of nitrogens with zero attached hydrogens (tertiary/aromatic N) is 1. The van der Waals surface area contributed by atoms with Crippen molar-refractivity contribution in [2.24, 2.45) is 0 Å². The highest BCUT2D eigenvalue weighted by atomic mass is 32.2. The van der Waals surface area contributed by atoms with Gasteiger partial charge in [-0.25, -0.2) is 12.7 Å². The highest BCUT2D eigenvalue weighted by Crippen LogP contribution is 2.26. The van der Waals surface area contributed by atoms with E-state index in [1.807, 2.05) is 0 Å². The monoisotopic (exact) mass is 454 g/mol. The van der Waals surface area contributed by atoms with Crippen LogP contribution in [0.5, 0.6) is 0 Å². The summed E-state index contributed by atoms with van der Waals surface area (Å²) in [7, 11) is -3.30. The Balaban J connectivity index is 1.40. The van der Waals surface area contributed by atoms with Gasteiger partial charge in [0, 0.05) is 18.7 Å². The van der Waals surface area contributed by atoms with Crippen molar-refractivity contribution in [3.05, 3.63) is 70.3 Å². The molecular formula is C26H34N2O3S. The number of aryl methyl sites for hydroxylation is 2. The van der Waals surface area contributed by atoms with Gasteiger partial charge < -0.3 is 5.32 Å². The molecule has 1 fully saturated rings. The summed E-state index contributed by atoms with van der Waals surface area (Å²) in [4.78, 5) is 12.9. The summed E-state index contributed by atoms with van der Waals surface area (Å²) in [6.45, 7) is 3.31. The van der Waals surface area contributed by atoms with E-state index in [-0.39, 0.29) is 17.7 Å². The highest BCUT2D eigenvalue weighted by Gasteiger charge is 2.24. The van der Waals surface area contributed by atoms with Gasteiger partial charge in [-0.3, -0.25) is 4.79 Å². The Kier molecular flexibility index (Phi) is 7.31. The standard InChI is InChI=1S/C26H34N2O3S/c1-2-25(24-15-14-21-8-4-5-9-23(21)18-24)27-26(29)22-12-10-20(11-13-22)19-32(30,31)28-16-6-3-7-17-28/h10-15,18,25H,2-9,16-17,19H2,1H3,(H,27,29)/t25-/m1/s1. The number of fused-ring (bicyclic) bond motifs is 1. The van der Waals surface area contributed by atoms with Gasteiger partial charge in [-0.1, -0.05) is 43.7 Å². The van der Waals surface area contributed by atoms with E-state index < -0.39 is 10.0 Å². The molecule has 2 aliphatic rings. The lowest BCUT2D eigenvalue weighted by atomic mass is 9.88. The maximum atomic E-state index is 12.9. The first-order valence-corrected chi connectivity index (χ1v) is 13.6. The number of sulfonamides is 1. The molecule has 6 heteroatoms. The van der Waals surface area contributed by atoms with Gasteiger partial charge in [0.2, 0.25) is 10.0 Å². The number of piperidine rings is 1. The molecule has 2 aromatic carbocycles. The number of hydrogen-bond acceptors (Lipinski definition) is 3. The van der Waals surface area contributed by atoms with E-state index in [1.165, 1.54) is 24.0 Å². The molecule has 1 aliphatic carbocycles. The average molecular weight is 455 g/mol. The van der Waals surface area contributed by atoms with E-state index in [9.17, 15) is 13.2 Å². The second-order valence-electron chi connectivity index (χ2n) is 9.08. The van der Waals surface area contributed by atoms with Crippen LogP contribution in [0.1, 0.15) is 84.1 Å². The number of hydrogen-bond donors (Lipinski definition) is 1. The van der Waals surface area contributed by atoms with Crippen molar-refractivity contribution in [2.45, 2.75) is 70.1 Å². The number of carbonyl (C=O) groups excluding carboxylic acids is 1. The second-order valence-corrected chi connectivity index (χ2v) is 11.1. The summed E-state index contributed by atoms with van der Waals surface area (Å²) in [6, 6.07) is 13.6. The van der Waals surface area contributed by atoms with Gasteiger partial charge in [0.1, 0.15) is 0 Å². The normalized spacial score (nSPS) is 18.0. The zero-order valence-corrected chi connectivity index (χ0v) is 19.8. The van der Waals surface area contributed by atoms with Crippen LogP contribution in [-0.4, -0.2) is 31.7 Å². The molecule has 0 bridgehead atoms. The third kappa shape index (κ3) is 5.41. The van der Waals surface area contributed by atoms with Crippen molar-refractivity contribution in [2.75, 3.05) is 13.1 Å². The Bertz CT molecular complexity index is 1040. The molecule has 0 spiro atoms. The minimum Gasteiger partial charge on any atom is -0.345 e. The molecular weight excluding hydrogens is 420 g/mol. The largest absolute Gasteiger partial charge is 0.345 e. The summed E-state index contributed by atoms with van der Waals surface area (Å²) in [5.41, 5.74) is 5.29. The second kappa shape index (κ2) is 10.2. The minimum atomic E-state index is -3.30. The molecule has 1 N–H and O–H groups in total. The summed E-state index contributed by atoms with van der Waals surface area (Å²) in [6.07, 6.45) is 8.54. The lowest BCUT2D eigenvalue weighted by molar-refractivity contribution is 0.0935. The first kappa shape index (κ1) is 23.0. The third-order valence-corrected chi connectivity index (χ3v) is 8.61. The fraction of sp³-hybridized carbons (Fsp3) is 0.500. The van der Waals surface area contributed by atoms with Crippen molar-refractivity contribution in [1.82, 2.24) is 9.62 Å². The first-order chi connectivity index (χ1) is 15.5. The Morgan fingerprint density at radius 2 is 1.62 bits per heavy atom. The molecule has 2 aromatic rings. The van der Waals surface area contributed by atoms with Crippen LogP contribution in [0.3, 0.4) is 0 Å². The summed E-state index contributed by atoms with van der Waals surface area (Å²) in [5, 5.41) is 3.16. The van der Waals surface area contributed by atoms with Gasteiger partial charge in [-0.15, -0.1) is 0 Å². The molecule has 0 saturated carbocycles. The Hall–Kier alpha value is -2.18. The number of benzene rings is 2. The molecule has 4 rings (SSSR count). The van der Waals surface area contributed by atoms with Gasteiger partial charge in [0.15, 0.2) is 0 Å². The Labute approximate surface area is 192 Å². The van der Waals surface area contributed by atoms with Gasteiger partial charge in [0.25, 0.3) is 5.91 Å². The van der Waals surface area contributed by atoms with E-state index in [2.05, 4.69) is 30.4 Å². The van der Waals surface area contributed by atoms with Crippen LogP contribution in [-0.2, 0) is 28.6 Å². The van der Waals surface area contributed by atoms with Crippen molar-refractivity contribution < 1.29 is 13.2 Å². The van der Waals surface area contributed by atoms with Crippen molar-refractivity contribution in [3.63, 3.8) is 0 Å². The zero-order valence-electron chi connectivity index (χ0n) is 19.0. The lowest BCUT2D eigenvalue weighted by Gasteiger charge is -2.25. The maximum absolute atomic E-state index is 12.9. The van der Waals surface area contributed by atoms with Gasteiger partial charge in [-0.2, -0.15) is 0 Å². The third-order valence-electron chi connectivity index (χ3n) is 6.76. The molecule has 0 radical (unpaired) electrons.